The van der Waals surface area contributed by atoms with Gasteiger partial charge in [-0.3, -0.25) is 9.59 Å². The minimum absolute atomic E-state index is 0.0429. The first-order valence-electron chi connectivity index (χ1n) is 11.7. The van der Waals surface area contributed by atoms with Crippen LogP contribution in [-0.4, -0.2) is 73.4 Å². The number of benzene rings is 1. The molecule has 190 valence electrons. The number of anilines is 1. The Labute approximate surface area is 209 Å². The van der Waals surface area contributed by atoms with Crippen LogP contribution in [0.1, 0.15) is 37.0 Å². The van der Waals surface area contributed by atoms with E-state index in [0.717, 1.165) is 24.2 Å². The number of thiophene rings is 1. The van der Waals surface area contributed by atoms with Gasteiger partial charge in [-0.2, -0.15) is 4.31 Å². The Morgan fingerprint density at radius 1 is 1.31 bits per heavy atom. The van der Waals surface area contributed by atoms with Crippen LogP contribution in [-0.2, 0) is 14.8 Å². The number of nitrogens with zero attached hydrogens (tertiary/aromatic N) is 2. The second kappa shape index (κ2) is 10.3. The average Bonchev–Trinajstić information content (AvgIpc) is 3.54. The monoisotopic (exact) mass is 521 g/mol. The van der Waals surface area contributed by atoms with Crippen LogP contribution in [0.15, 0.2) is 39.9 Å². The molecular formula is C24H31N3O6S2. The predicted octanol–water partition coefficient (Wildman–Crippen LogP) is 2.64. The van der Waals surface area contributed by atoms with E-state index in [9.17, 15) is 23.1 Å². The Hall–Kier alpha value is -2.47. The molecule has 1 fully saturated rings. The second-order valence-corrected chi connectivity index (χ2v) is 12.5. The summed E-state index contributed by atoms with van der Waals surface area (Å²) in [6, 6.07) is 7.78. The Morgan fingerprint density at radius 2 is 2.06 bits per heavy atom. The molecule has 1 saturated carbocycles. The molecule has 2 aliphatic rings. The number of hydrogen-bond acceptors (Lipinski definition) is 7. The van der Waals surface area contributed by atoms with Gasteiger partial charge < -0.3 is 20.1 Å². The number of sulfonamides is 1. The van der Waals surface area contributed by atoms with Gasteiger partial charge in [-0.1, -0.05) is 19.1 Å². The lowest BCUT2D eigenvalue weighted by Crippen LogP contribution is -2.50. The molecule has 9 nitrogen and oxygen atoms in total. The molecule has 2 heterocycles. The summed E-state index contributed by atoms with van der Waals surface area (Å²) in [6.45, 7) is 3.74. The van der Waals surface area contributed by atoms with Crippen molar-refractivity contribution in [2.45, 2.75) is 43.0 Å². The molecule has 0 unspecified atom stereocenters. The molecule has 2 aromatic rings. The van der Waals surface area contributed by atoms with Crippen LogP contribution in [0, 0.1) is 11.8 Å². The van der Waals surface area contributed by atoms with E-state index in [-0.39, 0.29) is 58.9 Å². The first kappa shape index (κ1) is 25.6. The zero-order valence-corrected chi connectivity index (χ0v) is 21.6. The molecule has 3 atom stereocenters. The van der Waals surface area contributed by atoms with Crippen LogP contribution in [0.4, 0.5) is 5.69 Å². The van der Waals surface area contributed by atoms with Crippen LogP contribution in [0.25, 0.3) is 0 Å². The first-order valence-corrected chi connectivity index (χ1v) is 14.0. The van der Waals surface area contributed by atoms with Gasteiger partial charge in [-0.15, -0.1) is 11.3 Å². The third kappa shape index (κ3) is 5.37. The third-order valence-electron chi connectivity index (χ3n) is 6.49. The summed E-state index contributed by atoms with van der Waals surface area (Å²) < 4.78 is 34.0. The fourth-order valence-corrected chi connectivity index (χ4v) is 6.44. The van der Waals surface area contributed by atoms with Gasteiger partial charge in [0.05, 0.1) is 30.4 Å². The van der Waals surface area contributed by atoms with Crippen molar-refractivity contribution in [2.75, 3.05) is 32.1 Å². The van der Waals surface area contributed by atoms with Crippen molar-refractivity contribution < 1.29 is 27.9 Å². The number of aliphatic hydroxyl groups excluding tert-OH is 1. The number of carbonyl (C=O) groups is 2. The van der Waals surface area contributed by atoms with Gasteiger partial charge in [0, 0.05) is 25.4 Å². The van der Waals surface area contributed by atoms with Gasteiger partial charge >= 0.3 is 0 Å². The number of carbonyl (C=O) groups excluding carboxylic acids is 2. The molecule has 0 bridgehead atoms. The minimum Gasteiger partial charge on any atom is -0.486 e. The molecular weight excluding hydrogens is 490 g/mol. The Morgan fingerprint density at radius 3 is 2.69 bits per heavy atom. The molecule has 2 amide bonds. The lowest BCUT2D eigenvalue weighted by molar-refractivity contribution is -0.117. The molecule has 1 aliphatic carbocycles. The van der Waals surface area contributed by atoms with Crippen molar-refractivity contribution in [1.29, 1.82) is 0 Å². The maximum Gasteiger partial charge on any atom is 0.258 e. The third-order valence-corrected chi connectivity index (χ3v) is 9.69. The molecule has 2 N–H and O–H groups in total. The van der Waals surface area contributed by atoms with Crippen LogP contribution in [0.3, 0.4) is 0 Å². The fraction of sp³-hybridized carbons (Fsp3) is 0.500. The summed E-state index contributed by atoms with van der Waals surface area (Å²) in [4.78, 5) is 27.6. The summed E-state index contributed by atoms with van der Waals surface area (Å²) in [7, 11) is -2.21. The molecule has 1 aromatic heterocycles. The number of amides is 2. The smallest absolute Gasteiger partial charge is 0.258 e. The van der Waals surface area contributed by atoms with E-state index < -0.39 is 22.2 Å². The quantitative estimate of drug-likeness (QED) is 0.552. The van der Waals surface area contributed by atoms with Crippen LogP contribution < -0.4 is 10.1 Å². The van der Waals surface area contributed by atoms with E-state index >= 15 is 0 Å². The van der Waals surface area contributed by atoms with Gasteiger partial charge in [0.25, 0.3) is 15.9 Å². The van der Waals surface area contributed by atoms with E-state index in [1.165, 1.54) is 11.4 Å². The van der Waals surface area contributed by atoms with Crippen molar-refractivity contribution >= 4 is 38.9 Å². The highest BCUT2D eigenvalue weighted by molar-refractivity contribution is 7.91. The van der Waals surface area contributed by atoms with E-state index in [1.807, 2.05) is 6.92 Å². The minimum atomic E-state index is -3.71. The Kier molecular flexibility index (Phi) is 7.51. The highest BCUT2D eigenvalue weighted by Crippen LogP contribution is 2.37. The van der Waals surface area contributed by atoms with Crippen LogP contribution >= 0.6 is 11.3 Å². The van der Waals surface area contributed by atoms with Crippen molar-refractivity contribution in [1.82, 2.24) is 9.21 Å². The van der Waals surface area contributed by atoms with E-state index in [0.29, 0.717) is 5.69 Å². The molecule has 11 heteroatoms. The molecule has 1 aromatic carbocycles. The van der Waals surface area contributed by atoms with Crippen LogP contribution in [0.2, 0.25) is 0 Å². The van der Waals surface area contributed by atoms with Crippen molar-refractivity contribution in [3.05, 3.63) is 41.3 Å². The topological polar surface area (TPSA) is 116 Å². The zero-order valence-electron chi connectivity index (χ0n) is 20.0. The molecule has 0 spiro atoms. The summed E-state index contributed by atoms with van der Waals surface area (Å²) in [5, 5.41) is 14.4. The number of nitrogens with one attached hydrogen (secondary N) is 1. The van der Waals surface area contributed by atoms with E-state index in [4.69, 9.17) is 4.74 Å². The first-order chi connectivity index (χ1) is 16.6. The van der Waals surface area contributed by atoms with Gasteiger partial charge in [0.15, 0.2) is 5.75 Å². The van der Waals surface area contributed by atoms with Gasteiger partial charge in [-0.25, -0.2) is 8.42 Å². The summed E-state index contributed by atoms with van der Waals surface area (Å²) >= 11 is 1.14. The number of hydrogen-bond donors (Lipinski definition) is 2. The number of ether oxygens (including phenoxy) is 1. The summed E-state index contributed by atoms with van der Waals surface area (Å²) in [6.07, 6.45) is 1.04. The molecule has 35 heavy (non-hydrogen) atoms. The normalized spacial score (nSPS) is 21.6. The maximum atomic E-state index is 13.5. The maximum absolute atomic E-state index is 13.5. The Bertz CT molecular complexity index is 1180. The highest BCUT2D eigenvalue weighted by Gasteiger charge is 2.37. The van der Waals surface area contributed by atoms with Crippen molar-refractivity contribution in [3.8, 4) is 5.75 Å². The number of fused-ring (bicyclic) bond motifs is 1. The van der Waals surface area contributed by atoms with Crippen molar-refractivity contribution in [3.63, 3.8) is 0 Å². The fourth-order valence-electron chi connectivity index (χ4n) is 4.06. The zero-order chi connectivity index (χ0) is 25.3. The standard InChI is InChI=1S/C24H31N3O6S2/c1-15-12-27(16(2)14-28)24(30)18-6-4-7-19(25-23(29)17-9-10-17)22(18)33-20(15)13-26(3)35(31,32)21-8-5-11-34-21/h4-8,11,15-17,20,28H,9-10,12-14H2,1-3H3,(H,25,29)/t15-,16+,20+/m0/s1. The lowest BCUT2D eigenvalue weighted by Gasteiger charge is -2.38. The summed E-state index contributed by atoms with van der Waals surface area (Å²) in [5.74, 6) is -0.528. The van der Waals surface area contributed by atoms with Gasteiger partial charge in [0.1, 0.15) is 10.3 Å². The van der Waals surface area contributed by atoms with Crippen molar-refractivity contribution in [2.24, 2.45) is 11.8 Å². The van der Waals surface area contributed by atoms with E-state index in [1.54, 1.807) is 47.5 Å². The van der Waals surface area contributed by atoms with Gasteiger partial charge in [0.2, 0.25) is 5.91 Å². The molecule has 1 aliphatic heterocycles. The Balaban J connectivity index is 1.71. The number of para-hydroxylation sites is 1. The number of aliphatic hydroxyl groups is 1. The highest BCUT2D eigenvalue weighted by atomic mass is 32.2. The predicted molar refractivity (Wildman–Crippen MR) is 133 cm³/mol. The second-order valence-electron chi connectivity index (χ2n) is 9.29. The SMILES string of the molecule is C[C@H](CO)N1C[C@H](C)[C@@H](CN(C)S(=O)(=O)c2cccs2)Oc2c(NC(=O)C3CC3)cccc2C1=O. The number of likely N-dealkylation sites (N-methyl/N-ethyl adjacent to an activating group) is 1. The van der Waals surface area contributed by atoms with Crippen LogP contribution in [0.5, 0.6) is 5.75 Å². The molecule has 0 radical (unpaired) electrons. The molecule has 0 saturated heterocycles. The molecule has 4 rings (SSSR count). The van der Waals surface area contributed by atoms with Gasteiger partial charge in [-0.05, 0) is 43.3 Å². The lowest BCUT2D eigenvalue weighted by atomic mass is 9.99. The largest absolute Gasteiger partial charge is 0.486 e. The average molecular weight is 522 g/mol. The summed E-state index contributed by atoms with van der Waals surface area (Å²) in [5.41, 5.74) is 0.645. The van der Waals surface area contributed by atoms with E-state index in [2.05, 4.69) is 5.32 Å². The number of rotatable bonds is 8.